The Labute approximate surface area is 96.2 Å². The van der Waals surface area contributed by atoms with Crippen LogP contribution in [0.2, 0.25) is 5.02 Å². The molecule has 0 saturated heterocycles. The Morgan fingerprint density at radius 1 is 1.38 bits per heavy atom. The minimum atomic E-state index is -1.27. The topological polar surface area (TPSA) is 83.8 Å². The molecular weight excluding hydrogens is 236 g/mol. The number of carboxylic acids is 2. The van der Waals surface area contributed by atoms with Gasteiger partial charge in [0, 0.05) is 0 Å². The molecule has 16 heavy (non-hydrogen) atoms. The molecule has 0 fully saturated rings. The zero-order chi connectivity index (χ0) is 12.3. The summed E-state index contributed by atoms with van der Waals surface area (Å²) in [5, 5.41) is 17.5. The Hall–Kier alpha value is -1.75. The number of aliphatic carboxylic acids is 1. The van der Waals surface area contributed by atoms with Crippen molar-refractivity contribution in [2.45, 2.75) is 13.0 Å². The number of hydrogen-bond acceptors (Lipinski definition) is 3. The molecule has 1 aromatic carbocycles. The lowest BCUT2D eigenvalue weighted by molar-refractivity contribution is -0.144. The predicted octanol–water partition coefficient (Wildman–Crippen LogP) is 1.89. The highest BCUT2D eigenvalue weighted by atomic mass is 35.5. The molecule has 0 aromatic heterocycles. The molecule has 0 aliphatic heterocycles. The Balaban J connectivity index is 3.09. The maximum absolute atomic E-state index is 10.9. The third kappa shape index (κ3) is 2.64. The van der Waals surface area contributed by atoms with Crippen molar-refractivity contribution < 1.29 is 24.5 Å². The monoisotopic (exact) mass is 244 g/mol. The smallest absolute Gasteiger partial charge is 0.344 e. The second-order valence-corrected chi connectivity index (χ2v) is 3.42. The van der Waals surface area contributed by atoms with Gasteiger partial charge in [-0.15, -0.1) is 0 Å². The van der Waals surface area contributed by atoms with Crippen molar-refractivity contribution in [1.82, 2.24) is 0 Å². The summed E-state index contributed by atoms with van der Waals surface area (Å²) in [6.07, 6.45) is -1.14. The summed E-state index contributed by atoms with van der Waals surface area (Å²) in [5.74, 6) is -2.51. The van der Waals surface area contributed by atoms with Gasteiger partial charge in [0.1, 0.15) is 11.3 Å². The lowest BCUT2D eigenvalue weighted by atomic mass is 10.2. The molecular formula is C10H9ClO5. The van der Waals surface area contributed by atoms with Gasteiger partial charge in [0.2, 0.25) is 0 Å². The van der Waals surface area contributed by atoms with Crippen molar-refractivity contribution in [3.63, 3.8) is 0 Å². The number of ether oxygens (including phenoxy) is 1. The molecule has 1 aromatic rings. The SMILES string of the molecule is CC(Oc1cccc(Cl)c1C(=O)O)C(=O)O. The fourth-order valence-corrected chi connectivity index (χ4v) is 1.30. The minimum Gasteiger partial charge on any atom is -0.479 e. The molecule has 1 unspecified atom stereocenters. The van der Waals surface area contributed by atoms with E-state index in [-0.39, 0.29) is 16.3 Å². The molecule has 0 spiro atoms. The van der Waals surface area contributed by atoms with Gasteiger partial charge < -0.3 is 14.9 Å². The van der Waals surface area contributed by atoms with Gasteiger partial charge in [-0.3, -0.25) is 0 Å². The van der Waals surface area contributed by atoms with E-state index in [1.54, 1.807) is 0 Å². The molecule has 0 radical (unpaired) electrons. The van der Waals surface area contributed by atoms with Gasteiger partial charge in [-0.2, -0.15) is 0 Å². The molecule has 0 saturated carbocycles. The maximum atomic E-state index is 10.9. The number of benzene rings is 1. The lowest BCUT2D eigenvalue weighted by Crippen LogP contribution is -2.23. The fraction of sp³-hybridized carbons (Fsp3) is 0.200. The van der Waals surface area contributed by atoms with Crippen LogP contribution in [0.15, 0.2) is 18.2 Å². The van der Waals surface area contributed by atoms with Crippen LogP contribution in [0.1, 0.15) is 17.3 Å². The molecule has 1 rings (SSSR count). The summed E-state index contributed by atoms with van der Waals surface area (Å²) in [6.45, 7) is 1.30. The second kappa shape index (κ2) is 4.85. The molecule has 0 amide bonds. The summed E-state index contributed by atoms with van der Waals surface area (Å²) >= 11 is 5.68. The van der Waals surface area contributed by atoms with E-state index in [0.717, 1.165) is 0 Å². The first-order valence-electron chi connectivity index (χ1n) is 4.34. The van der Waals surface area contributed by atoms with Gasteiger partial charge in [-0.25, -0.2) is 9.59 Å². The number of carbonyl (C=O) groups is 2. The molecule has 1 atom stereocenters. The zero-order valence-electron chi connectivity index (χ0n) is 8.31. The molecule has 5 nitrogen and oxygen atoms in total. The summed E-state index contributed by atoms with van der Waals surface area (Å²) in [4.78, 5) is 21.4. The number of rotatable bonds is 4. The van der Waals surface area contributed by atoms with Crippen LogP contribution in [0.5, 0.6) is 5.75 Å². The molecule has 0 heterocycles. The molecule has 0 aliphatic rings. The molecule has 2 N–H and O–H groups in total. The van der Waals surface area contributed by atoms with Gasteiger partial charge in [-0.1, -0.05) is 17.7 Å². The first-order chi connectivity index (χ1) is 7.43. The number of hydrogen-bond donors (Lipinski definition) is 2. The molecule has 6 heteroatoms. The van der Waals surface area contributed by atoms with Crippen molar-refractivity contribution in [2.75, 3.05) is 0 Å². The third-order valence-electron chi connectivity index (χ3n) is 1.84. The highest BCUT2D eigenvalue weighted by molar-refractivity contribution is 6.33. The lowest BCUT2D eigenvalue weighted by Gasteiger charge is -2.13. The average Bonchev–Trinajstić information content (AvgIpc) is 2.16. The first kappa shape index (κ1) is 12.3. The maximum Gasteiger partial charge on any atom is 0.344 e. The largest absolute Gasteiger partial charge is 0.479 e. The Morgan fingerprint density at radius 3 is 2.50 bits per heavy atom. The summed E-state index contributed by atoms with van der Waals surface area (Å²) < 4.78 is 4.98. The Kier molecular flexibility index (Phi) is 3.73. The molecule has 0 aliphatic carbocycles. The van der Waals surface area contributed by atoms with Gasteiger partial charge in [0.25, 0.3) is 0 Å². The average molecular weight is 245 g/mol. The van der Waals surface area contributed by atoms with Crippen LogP contribution >= 0.6 is 11.6 Å². The molecule has 86 valence electrons. The standard InChI is InChI=1S/C10H9ClO5/c1-5(9(12)13)16-7-4-2-3-6(11)8(7)10(14)15/h2-5H,1H3,(H,12,13)(H,14,15). The number of halogens is 1. The fourth-order valence-electron chi connectivity index (χ4n) is 1.05. The van der Waals surface area contributed by atoms with E-state index in [1.807, 2.05) is 0 Å². The van der Waals surface area contributed by atoms with Gasteiger partial charge in [-0.05, 0) is 19.1 Å². The van der Waals surface area contributed by atoms with Crippen molar-refractivity contribution >= 4 is 23.5 Å². The van der Waals surface area contributed by atoms with E-state index in [0.29, 0.717) is 0 Å². The van der Waals surface area contributed by atoms with Gasteiger partial charge >= 0.3 is 11.9 Å². The first-order valence-corrected chi connectivity index (χ1v) is 4.72. The molecule has 0 bridgehead atoms. The number of carboxylic acid groups (broad SMARTS) is 2. The van der Waals surface area contributed by atoms with E-state index in [4.69, 9.17) is 26.6 Å². The van der Waals surface area contributed by atoms with Crippen LogP contribution in [0.3, 0.4) is 0 Å². The normalized spacial score (nSPS) is 11.9. The van der Waals surface area contributed by atoms with E-state index in [9.17, 15) is 9.59 Å². The van der Waals surface area contributed by atoms with Crippen LogP contribution in [0, 0.1) is 0 Å². The highest BCUT2D eigenvalue weighted by Gasteiger charge is 2.20. The Bertz CT molecular complexity index is 429. The van der Waals surface area contributed by atoms with E-state index in [2.05, 4.69) is 0 Å². The van der Waals surface area contributed by atoms with Gasteiger partial charge in [0.15, 0.2) is 6.10 Å². The third-order valence-corrected chi connectivity index (χ3v) is 2.16. The second-order valence-electron chi connectivity index (χ2n) is 3.02. The summed E-state index contributed by atoms with van der Waals surface area (Å²) in [7, 11) is 0. The van der Waals surface area contributed by atoms with Crippen molar-refractivity contribution in [2.24, 2.45) is 0 Å². The van der Waals surface area contributed by atoms with Gasteiger partial charge in [0.05, 0.1) is 5.02 Å². The van der Waals surface area contributed by atoms with Crippen molar-refractivity contribution in [1.29, 1.82) is 0 Å². The zero-order valence-corrected chi connectivity index (χ0v) is 9.06. The van der Waals surface area contributed by atoms with Crippen LogP contribution < -0.4 is 4.74 Å². The summed E-state index contributed by atoms with van der Waals surface area (Å²) in [5.41, 5.74) is -0.239. The Morgan fingerprint density at radius 2 is 2.00 bits per heavy atom. The van der Waals surface area contributed by atoms with E-state index in [1.165, 1.54) is 25.1 Å². The van der Waals surface area contributed by atoms with E-state index < -0.39 is 18.0 Å². The van der Waals surface area contributed by atoms with Crippen LogP contribution in [-0.4, -0.2) is 28.3 Å². The number of aromatic carboxylic acids is 1. The van der Waals surface area contributed by atoms with E-state index >= 15 is 0 Å². The minimum absolute atomic E-state index is 0.00240. The quantitative estimate of drug-likeness (QED) is 0.845. The van der Waals surface area contributed by atoms with Crippen LogP contribution in [0.25, 0.3) is 0 Å². The van der Waals surface area contributed by atoms with Crippen LogP contribution in [0.4, 0.5) is 0 Å². The van der Waals surface area contributed by atoms with Crippen LogP contribution in [-0.2, 0) is 4.79 Å². The summed E-state index contributed by atoms with van der Waals surface area (Å²) in [6, 6.07) is 4.23. The predicted molar refractivity (Wildman–Crippen MR) is 56.1 cm³/mol. The van der Waals surface area contributed by atoms with Crippen molar-refractivity contribution in [3.05, 3.63) is 28.8 Å². The highest BCUT2D eigenvalue weighted by Crippen LogP contribution is 2.27. The van der Waals surface area contributed by atoms with Crippen molar-refractivity contribution in [3.8, 4) is 5.75 Å².